The van der Waals surface area contributed by atoms with Gasteiger partial charge in [0.2, 0.25) is 0 Å². The van der Waals surface area contributed by atoms with Gasteiger partial charge in [-0.1, -0.05) is 0 Å². The second-order valence-electron chi connectivity index (χ2n) is 7.24. The predicted molar refractivity (Wildman–Crippen MR) is 89.3 cm³/mol. The van der Waals surface area contributed by atoms with Gasteiger partial charge in [0.1, 0.15) is 5.54 Å². The van der Waals surface area contributed by atoms with E-state index in [-0.39, 0.29) is 5.54 Å². The number of rotatable bonds is 8. The molecule has 0 aliphatic carbocycles. The molecular formula is C17H34N4. The Kier molecular flexibility index (Phi) is 7.65. The second-order valence-corrected chi connectivity index (χ2v) is 7.24. The average molecular weight is 294 g/mol. The van der Waals surface area contributed by atoms with E-state index >= 15 is 0 Å². The van der Waals surface area contributed by atoms with Gasteiger partial charge in [0, 0.05) is 12.1 Å². The van der Waals surface area contributed by atoms with Crippen molar-refractivity contribution in [1.82, 2.24) is 15.1 Å². The average Bonchev–Trinajstić information content (AvgIpc) is 2.43. The summed E-state index contributed by atoms with van der Waals surface area (Å²) in [5.74, 6) is 0. The van der Waals surface area contributed by atoms with Crippen LogP contribution in [0.1, 0.15) is 52.9 Å². The lowest BCUT2D eigenvalue weighted by Crippen LogP contribution is -2.45. The zero-order valence-electron chi connectivity index (χ0n) is 14.7. The Morgan fingerprint density at radius 1 is 1.29 bits per heavy atom. The van der Waals surface area contributed by atoms with Gasteiger partial charge in [0.25, 0.3) is 0 Å². The summed E-state index contributed by atoms with van der Waals surface area (Å²) in [5.41, 5.74) is -0.369. The predicted octanol–water partition coefficient (Wildman–Crippen LogP) is 2.46. The van der Waals surface area contributed by atoms with E-state index in [4.69, 9.17) is 0 Å². The molecule has 1 aliphatic heterocycles. The summed E-state index contributed by atoms with van der Waals surface area (Å²) in [6.07, 6.45) is 5.84. The van der Waals surface area contributed by atoms with Gasteiger partial charge < -0.3 is 9.80 Å². The summed E-state index contributed by atoms with van der Waals surface area (Å²) in [7, 11) is 4.37. The summed E-state index contributed by atoms with van der Waals surface area (Å²) in [6, 6.07) is 3.56. The van der Waals surface area contributed by atoms with Crippen LogP contribution >= 0.6 is 0 Å². The monoisotopic (exact) mass is 294 g/mol. The van der Waals surface area contributed by atoms with Crippen LogP contribution in [-0.2, 0) is 0 Å². The highest BCUT2D eigenvalue weighted by Crippen LogP contribution is 2.17. The molecule has 122 valence electrons. The number of piperidine rings is 1. The molecule has 0 aromatic heterocycles. The molecule has 0 saturated carbocycles. The fourth-order valence-electron chi connectivity index (χ4n) is 3.27. The third-order valence-electron chi connectivity index (χ3n) is 4.54. The molecule has 0 bridgehead atoms. The Bertz CT molecular complexity index is 326. The smallest absolute Gasteiger partial charge is 0.104 e. The molecule has 4 heteroatoms. The maximum absolute atomic E-state index is 9.34. The van der Waals surface area contributed by atoms with Crippen molar-refractivity contribution in [2.24, 2.45) is 0 Å². The highest BCUT2D eigenvalue weighted by Gasteiger charge is 2.24. The summed E-state index contributed by atoms with van der Waals surface area (Å²) in [4.78, 5) is 4.94. The topological polar surface area (TPSA) is 42.3 Å². The molecule has 1 rings (SSSR count). The molecule has 0 spiro atoms. The van der Waals surface area contributed by atoms with Crippen molar-refractivity contribution >= 4 is 0 Å². The number of likely N-dealkylation sites (tertiary alicyclic amines) is 1. The lowest BCUT2D eigenvalue weighted by Gasteiger charge is -2.35. The first-order valence-electron chi connectivity index (χ1n) is 8.44. The number of nitriles is 1. The third-order valence-corrected chi connectivity index (χ3v) is 4.54. The van der Waals surface area contributed by atoms with Crippen molar-refractivity contribution in [3.05, 3.63) is 0 Å². The van der Waals surface area contributed by atoms with Crippen LogP contribution in [0, 0.1) is 11.3 Å². The SMILES string of the molecule is CC(C)NC(C)(C#N)CCCCN1CCC(N(C)C)CC1. The van der Waals surface area contributed by atoms with Crippen LogP contribution in [0.5, 0.6) is 0 Å². The summed E-state index contributed by atoms with van der Waals surface area (Å²) < 4.78 is 0. The molecule has 0 amide bonds. The summed E-state index contributed by atoms with van der Waals surface area (Å²) >= 11 is 0. The van der Waals surface area contributed by atoms with Gasteiger partial charge in [-0.15, -0.1) is 0 Å². The van der Waals surface area contributed by atoms with Crippen molar-refractivity contribution in [2.45, 2.75) is 70.5 Å². The summed E-state index contributed by atoms with van der Waals surface area (Å²) in [5, 5.41) is 12.7. The number of hydrogen-bond acceptors (Lipinski definition) is 4. The minimum Gasteiger partial charge on any atom is -0.306 e. The Hall–Kier alpha value is -0.630. The van der Waals surface area contributed by atoms with E-state index < -0.39 is 0 Å². The zero-order valence-corrected chi connectivity index (χ0v) is 14.7. The van der Waals surface area contributed by atoms with Crippen molar-refractivity contribution < 1.29 is 0 Å². The largest absolute Gasteiger partial charge is 0.306 e. The van der Waals surface area contributed by atoms with Gasteiger partial charge in [0.15, 0.2) is 0 Å². The maximum atomic E-state index is 9.34. The van der Waals surface area contributed by atoms with E-state index in [2.05, 4.69) is 49.1 Å². The van der Waals surface area contributed by atoms with Crippen LogP contribution in [0.4, 0.5) is 0 Å². The van der Waals surface area contributed by atoms with Gasteiger partial charge >= 0.3 is 0 Å². The fourth-order valence-corrected chi connectivity index (χ4v) is 3.27. The van der Waals surface area contributed by atoms with Gasteiger partial charge in [-0.3, -0.25) is 5.32 Å². The Morgan fingerprint density at radius 3 is 2.38 bits per heavy atom. The minimum atomic E-state index is -0.369. The molecule has 0 radical (unpaired) electrons. The molecular weight excluding hydrogens is 260 g/mol. The molecule has 1 N–H and O–H groups in total. The van der Waals surface area contributed by atoms with E-state index in [0.717, 1.165) is 18.9 Å². The van der Waals surface area contributed by atoms with Crippen molar-refractivity contribution in [1.29, 1.82) is 5.26 Å². The van der Waals surface area contributed by atoms with Gasteiger partial charge in [-0.25, -0.2) is 0 Å². The molecule has 21 heavy (non-hydrogen) atoms. The first-order valence-corrected chi connectivity index (χ1v) is 8.44. The molecule has 0 aromatic rings. The third kappa shape index (κ3) is 6.78. The zero-order chi connectivity index (χ0) is 15.9. The maximum Gasteiger partial charge on any atom is 0.104 e. The molecule has 0 aromatic carbocycles. The van der Waals surface area contributed by atoms with Gasteiger partial charge in [-0.05, 0) is 86.6 Å². The normalized spacial score (nSPS) is 20.7. The van der Waals surface area contributed by atoms with E-state index in [1.807, 2.05) is 6.92 Å². The molecule has 1 aliphatic rings. The molecule has 1 atom stereocenters. The van der Waals surface area contributed by atoms with Crippen LogP contribution < -0.4 is 5.32 Å². The van der Waals surface area contributed by atoms with Crippen LogP contribution in [-0.4, -0.2) is 61.2 Å². The fraction of sp³-hybridized carbons (Fsp3) is 0.941. The van der Waals surface area contributed by atoms with E-state index in [9.17, 15) is 5.26 Å². The number of nitrogens with zero attached hydrogens (tertiary/aromatic N) is 3. The van der Waals surface area contributed by atoms with Crippen LogP contribution in [0.3, 0.4) is 0 Å². The highest BCUT2D eigenvalue weighted by molar-refractivity contribution is 5.04. The van der Waals surface area contributed by atoms with Gasteiger partial charge in [0.05, 0.1) is 6.07 Å². The Labute approximate surface area is 131 Å². The highest BCUT2D eigenvalue weighted by atomic mass is 15.2. The van der Waals surface area contributed by atoms with Crippen molar-refractivity contribution in [2.75, 3.05) is 33.7 Å². The van der Waals surface area contributed by atoms with Crippen LogP contribution in [0.15, 0.2) is 0 Å². The first kappa shape index (κ1) is 18.4. The minimum absolute atomic E-state index is 0.361. The Balaban J connectivity index is 2.19. The second kappa shape index (κ2) is 8.73. The molecule has 1 fully saturated rings. The van der Waals surface area contributed by atoms with Crippen LogP contribution in [0.2, 0.25) is 0 Å². The van der Waals surface area contributed by atoms with E-state index in [0.29, 0.717) is 6.04 Å². The Morgan fingerprint density at radius 2 is 1.90 bits per heavy atom. The van der Waals surface area contributed by atoms with E-state index in [1.54, 1.807) is 0 Å². The molecule has 1 heterocycles. The molecule has 1 unspecified atom stereocenters. The number of hydrogen-bond donors (Lipinski definition) is 1. The summed E-state index contributed by atoms with van der Waals surface area (Å²) in [6.45, 7) is 9.86. The number of nitrogens with one attached hydrogen (secondary N) is 1. The standard InChI is InChI=1S/C17H34N4/c1-15(2)19-17(3,14-18)10-6-7-11-21-12-8-16(9-13-21)20(4)5/h15-16,19H,6-13H2,1-5H3. The first-order chi connectivity index (χ1) is 9.86. The number of unbranched alkanes of at least 4 members (excludes halogenated alkanes) is 1. The lowest BCUT2D eigenvalue weighted by molar-refractivity contribution is 0.142. The van der Waals surface area contributed by atoms with Gasteiger partial charge in [-0.2, -0.15) is 5.26 Å². The van der Waals surface area contributed by atoms with E-state index in [1.165, 1.54) is 38.9 Å². The van der Waals surface area contributed by atoms with Crippen molar-refractivity contribution in [3.8, 4) is 6.07 Å². The van der Waals surface area contributed by atoms with Crippen LogP contribution in [0.25, 0.3) is 0 Å². The quantitative estimate of drug-likeness (QED) is 0.698. The lowest BCUT2D eigenvalue weighted by atomic mass is 9.95. The molecule has 4 nitrogen and oxygen atoms in total. The van der Waals surface area contributed by atoms with Crippen molar-refractivity contribution in [3.63, 3.8) is 0 Å². The molecule has 1 saturated heterocycles.